The van der Waals surface area contributed by atoms with Crippen LogP contribution in [0.2, 0.25) is 0 Å². The molecule has 1 N–H and O–H groups in total. The fraction of sp³-hybridized carbons (Fsp3) is 0.400. The largest absolute Gasteiger partial charge is 0.484 e. The average Bonchev–Trinajstić information content (AvgIpc) is 3.28. The van der Waals surface area contributed by atoms with E-state index in [-0.39, 0.29) is 19.1 Å². The molecule has 1 aromatic rings. The first-order valence-corrected chi connectivity index (χ1v) is 6.71. The van der Waals surface area contributed by atoms with Crippen molar-refractivity contribution in [2.24, 2.45) is 5.92 Å². The van der Waals surface area contributed by atoms with Crippen LogP contribution in [0.5, 0.6) is 5.75 Å². The lowest BCUT2D eigenvalue weighted by atomic mass is 10.2. The highest BCUT2D eigenvalue weighted by Gasteiger charge is 2.28. The Hall–Kier alpha value is -2.55. The maximum absolute atomic E-state index is 12.0. The molecule has 0 atom stereocenters. The molecule has 21 heavy (non-hydrogen) atoms. The van der Waals surface area contributed by atoms with Gasteiger partial charge in [-0.25, -0.2) is 0 Å². The van der Waals surface area contributed by atoms with E-state index in [1.54, 1.807) is 24.3 Å². The van der Waals surface area contributed by atoms with Gasteiger partial charge in [-0.15, -0.1) is 0 Å². The third-order valence-corrected chi connectivity index (χ3v) is 3.20. The second-order valence-corrected chi connectivity index (χ2v) is 5.04. The van der Waals surface area contributed by atoms with E-state index < -0.39 is 5.97 Å². The van der Waals surface area contributed by atoms with Crippen molar-refractivity contribution in [3.63, 3.8) is 0 Å². The lowest BCUT2D eigenvalue weighted by Gasteiger charge is -2.20. The lowest BCUT2D eigenvalue weighted by molar-refractivity contribution is -0.145. The molecular formula is C15H16N2O4. The molecule has 0 aliphatic heterocycles. The summed E-state index contributed by atoms with van der Waals surface area (Å²) in [6.07, 6.45) is 2.08. The Labute approximate surface area is 122 Å². The fourth-order valence-corrected chi connectivity index (χ4v) is 1.89. The van der Waals surface area contributed by atoms with Crippen molar-refractivity contribution in [2.45, 2.75) is 12.8 Å². The summed E-state index contributed by atoms with van der Waals surface area (Å²) in [5, 5.41) is 17.5. The average molecular weight is 288 g/mol. The van der Waals surface area contributed by atoms with E-state index in [0.717, 1.165) is 12.8 Å². The van der Waals surface area contributed by atoms with Crippen molar-refractivity contribution in [1.29, 1.82) is 5.26 Å². The van der Waals surface area contributed by atoms with E-state index in [9.17, 15) is 9.59 Å². The maximum atomic E-state index is 12.0. The van der Waals surface area contributed by atoms with Gasteiger partial charge in [0.2, 0.25) is 0 Å². The summed E-state index contributed by atoms with van der Waals surface area (Å²) in [4.78, 5) is 24.1. The normalized spacial score (nSPS) is 13.3. The zero-order valence-corrected chi connectivity index (χ0v) is 11.5. The Morgan fingerprint density at radius 2 is 2.00 bits per heavy atom. The first-order chi connectivity index (χ1) is 10.1. The number of hydrogen-bond donors (Lipinski definition) is 1. The highest BCUT2D eigenvalue weighted by Crippen LogP contribution is 2.29. The number of ether oxygens (including phenoxy) is 1. The van der Waals surface area contributed by atoms with Gasteiger partial charge in [0.25, 0.3) is 5.91 Å². The minimum atomic E-state index is -1.03. The number of amides is 1. The molecule has 6 heteroatoms. The molecule has 1 aliphatic carbocycles. The van der Waals surface area contributed by atoms with Gasteiger partial charge in [-0.2, -0.15) is 5.26 Å². The zero-order valence-electron chi connectivity index (χ0n) is 11.5. The van der Waals surface area contributed by atoms with E-state index in [1.807, 2.05) is 6.07 Å². The van der Waals surface area contributed by atoms with Crippen LogP contribution in [-0.4, -0.2) is 41.6 Å². The van der Waals surface area contributed by atoms with Gasteiger partial charge in [-0.3, -0.25) is 9.59 Å². The summed E-state index contributed by atoms with van der Waals surface area (Å²) < 4.78 is 5.34. The summed E-state index contributed by atoms with van der Waals surface area (Å²) in [5.41, 5.74) is 0.509. The van der Waals surface area contributed by atoms with Gasteiger partial charge in [-0.05, 0) is 43.0 Å². The summed E-state index contributed by atoms with van der Waals surface area (Å²) in [5.74, 6) is -0.469. The molecule has 0 heterocycles. The molecule has 0 aromatic heterocycles. The van der Waals surface area contributed by atoms with Gasteiger partial charge in [0.05, 0.1) is 11.6 Å². The second kappa shape index (κ2) is 6.75. The van der Waals surface area contributed by atoms with Gasteiger partial charge in [-0.1, -0.05) is 0 Å². The van der Waals surface area contributed by atoms with Crippen LogP contribution in [0, 0.1) is 17.2 Å². The molecule has 2 rings (SSSR count). The van der Waals surface area contributed by atoms with Gasteiger partial charge < -0.3 is 14.7 Å². The number of carboxylic acids is 1. The van der Waals surface area contributed by atoms with E-state index >= 15 is 0 Å². The number of carbonyl (C=O) groups is 2. The third-order valence-electron chi connectivity index (χ3n) is 3.20. The third kappa shape index (κ3) is 4.80. The molecule has 1 fully saturated rings. The van der Waals surface area contributed by atoms with Gasteiger partial charge in [0.15, 0.2) is 6.61 Å². The summed E-state index contributed by atoms with van der Waals surface area (Å²) in [6, 6.07) is 8.39. The smallest absolute Gasteiger partial charge is 0.323 e. The number of carboxylic acid groups (broad SMARTS) is 1. The minimum absolute atomic E-state index is 0.202. The van der Waals surface area contributed by atoms with Gasteiger partial charge >= 0.3 is 5.97 Å². The van der Waals surface area contributed by atoms with Crippen LogP contribution in [0.15, 0.2) is 24.3 Å². The highest BCUT2D eigenvalue weighted by molar-refractivity contribution is 5.82. The second-order valence-electron chi connectivity index (χ2n) is 5.04. The molecule has 0 unspecified atom stereocenters. The van der Waals surface area contributed by atoms with Crippen molar-refractivity contribution in [3.8, 4) is 11.8 Å². The van der Waals surface area contributed by atoms with Gasteiger partial charge in [0.1, 0.15) is 12.3 Å². The standard InChI is InChI=1S/C15H16N2O4/c16-7-11-3-5-13(6-4-11)21-10-14(18)17(9-15(19)20)8-12-1-2-12/h3-6,12H,1-2,8-10H2,(H,19,20). The maximum Gasteiger partial charge on any atom is 0.323 e. The topological polar surface area (TPSA) is 90.6 Å². The zero-order chi connectivity index (χ0) is 15.2. The minimum Gasteiger partial charge on any atom is -0.484 e. The Balaban J connectivity index is 1.87. The number of rotatable bonds is 7. The van der Waals surface area contributed by atoms with Crippen LogP contribution in [0.1, 0.15) is 18.4 Å². The molecular weight excluding hydrogens is 272 g/mol. The Morgan fingerprint density at radius 1 is 1.33 bits per heavy atom. The molecule has 6 nitrogen and oxygen atoms in total. The Bertz CT molecular complexity index is 558. The van der Waals surface area contributed by atoms with Crippen LogP contribution in [0.3, 0.4) is 0 Å². The predicted octanol–water partition coefficient (Wildman–Crippen LogP) is 1.26. The number of carbonyl (C=O) groups excluding carboxylic acids is 1. The van der Waals surface area contributed by atoms with Gasteiger partial charge in [0, 0.05) is 6.54 Å². The summed E-state index contributed by atoms with van der Waals surface area (Å²) >= 11 is 0. The monoisotopic (exact) mass is 288 g/mol. The van der Waals surface area contributed by atoms with Crippen molar-refractivity contribution in [3.05, 3.63) is 29.8 Å². The molecule has 0 bridgehead atoms. The quantitative estimate of drug-likeness (QED) is 0.815. The van der Waals surface area contributed by atoms with E-state index in [2.05, 4.69) is 0 Å². The SMILES string of the molecule is N#Cc1ccc(OCC(=O)N(CC(=O)O)CC2CC2)cc1. The van der Waals surface area contributed by atoms with Crippen molar-refractivity contribution in [1.82, 2.24) is 4.90 Å². The molecule has 1 aromatic carbocycles. The van der Waals surface area contributed by atoms with Crippen LogP contribution < -0.4 is 4.74 Å². The Kier molecular flexibility index (Phi) is 4.77. The van der Waals surface area contributed by atoms with Crippen LogP contribution >= 0.6 is 0 Å². The molecule has 1 saturated carbocycles. The lowest BCUT2D eigenvalue weighted by Crippen LogP contribution is -2.40. The summed E-state index contributed by atoms with van der Waals surface area (Å²) in [7, 11) is 0. The predicted molar refractivity (Wildman–Crippen MR) is 73.6 cm³/mol. The molecule has 1 aliphatic rings. The van der Waals surface area contributed by atoms with E-state index in [0.29, 0.717) is 23.8 Å². The molecule has 0 saturated heterocycles. The van der Waals surface area contributed by atoms with Crippen LogP contribution in [-0.2, 0) is 9.59 Å². The first kappa shape index (κ1) is 14.9. The fourth-order valence-electron chi connectivity index (χ4n) is 1.89. The van der Waals surface area contributed by atoms with E-state index in [1.165, 1.54) is 4.90 Å². The van der Waals surface area contributed by atoms with Crippen molar-refractivity contribution in [2.75, 3.05) is 19.7 Å². The summed E-state index contributed by atoms with van der Waals surface area (Å²) in [6.45, 7) is -0.0279. The molecule has 0 radical (unpaired) electrons. The van der Waals surface area contributed by atoms with Crippen molar-refractivity contribution >= 4 is 11.9 Å². The molecule has 110 valence electrons. The van der Waals surface area contributed by atoms with Crippen LogP contribution in [0.25, 0.3) is 0 Å². The first-order valence-electron chi connectivity index (χ1n) is 6.71. The van der Waals surface area contributed by atoms with Crippen molar-refractivity contribution < 1.29 is 19.4 Å². The number of nitrogens with zero attached hydrogens (tertiary/aromatic N) is 2. The molecule has 1 amide bonds. The number of aliphatic carboxylic acids is 1. The van der Waals surface area contributed by atoms with Crippen LogP contribution in [0.4, 0.5) is 0 Å². The highest BCUT2D eigenvalue weighted by atomic mass is 16.5. The number of hydrogen-bond acceptors (Lipinski definition) is 4. The number of benzene rings is 1. The number of nitriles is 1. The Morgan fingerprint density at radius 3 is 2.52 bits per heavy atom. The van der Waals surface area contributed by atoms with E-state index in [4.69, 9.17) is 15.1 Å². The molecule has 0 spiro atoms.